The van der Waals surface area contributed by atoms with Crippen LogP contribution < -0.4 is 0 Å². The molecule has 3 nitrogen and oxygen atoms in total. The van der Waals surface area contributed by atoms with E-state index in [9.17, 15) is 0 Å². The quantitative estimate of drug-likeness (QED) is 0.196. The summed E-state index contributed by atoms with van der Waals surface area (Å²) in [5, 5.41) is 0. The summed E-state index contributed by atoms with van der Waals surface area (Å²) in [6.07, 6.45) is 5.07. The third kappa shape index (κ3) is 4.78. The second-order valence-corrected chi connectivity index (χ2v) is 12.8. The molecule has 1 heterocycles. The Labute approximate surface area is 275 Å². The van der Waals surface area contributed by atoms with Gasteiger partial charge < -0.3 is 0 Å². The largest absolute Gasteiger partial charge is 0.208 e. The summed E-state index contributed by atoms with van der Waals surface area (Å²) in [7, 11) is 0. The molecule has 6 aromatic carbocycles. The van der Waals surface area contributed by atoms with E-state index in [0.717, 1.165) is 22.3 Å². The summed E-state index contributed by atoms with van der Waals surface area (Å²) in [6, 6.07) is 54.0. The molecule has 0 radical (unpaired) electrons. The Hall–Kier alpha value is -5.67. The first kappa shape index (κ1) is 27.6. The predicted molar refractivity (Wildman–Crippen MR) is 192 cm³/mol. The van der Waals surface area contributed by atoms with Gasteiger partial charge in [0.25, 0.3) is 0 Å². The minimum Gasteiger partial charge on any atom is -0.208 e. The monoisotopic (exact) mass is 603 g/mol. The van der Waals surface area contributed by atoms with Crippen LogP contribution in [0.5, 0.6) is 0 Å². The van der Waals surface area contributed by atoms with Crippen molar-refractivity contribution in [2.24, 2.45) is 0 Å². The van der Waals surface area contributed by atoms with E-state index in [0.29, 0.717) is 17.5 Å². The molecular formula is C44H33N3. The normalized spacial score (nSPS) is 14.2. The first-order chi connectivity index (χ1) is 23.2. The molecule has 2 aliphatic rings. The summed E-state index contributed by atoms with van der Waals surface area (Å²) >= 11 is 0. The minimum absolute atomic E-state index is 0.162. The van der Waals surface area contributed by atoms with Crippen LogP contribution in [0.15, 0.2) is 152 Å². The topological polar surface area (TPSA) is 38.7 Å². The van der Waals surface area contributed by atoms with Crippen LogP contribution in [0.2, 0.25) is 0 Å². The molecule has 0 N–H and O–H groups in total. The van der Waals surface area contributed by atoms with Gasteiger partial charge in [0.1, 0.15) is 0 Å². The number of rotatable bonds is 5. The minimum atomic E-state index is 0.162. The Bertz CT molecular complexity index is 2190. The standard InChI is InChI=1S/C44H33N3/c1-3-13-30(14-4-1)41-45-42(31-15-5-2-6-16-31)47-43(46-41)36-20-12-19-34(28-36)32-17-11-18-33(27-32)35-23-24-38-37-21-7-8-22-39(37)44(40(38)29-35)25-9-10-26-44/h1-8,11-24,27-29H,9-10,25-26H2. The summed E-state index contributed by atoms with van der Waals surface area (Å²) < 4.78 is 0. The van der Waals surface area contributed by atoms with E-state index in [1.54, 1.807) is 0 Å². The number of hydrogen-bond donors (Lipinski definition) is 0. The van der Waals surface area contributed by atoms with Gasteiger partial charge >= 0.3 is 0 Å². The molecule has 1 spiro atoms. The van der Waals surface area contributed by atoms with Crippen LogP contribution in [0.3, 0.4) is 0 Å². The van der Waals surface area contributed by atoms with Gasteiger partial charge in [-0.3, -0.25) is 0 Å². The molecule has 0 amide bonds. The predicted octanol–water partition coefficient (Wildman–Crippen LogP) is 11.0. The molecule has 224 valence electrons. The summed E-state index contributed by atoms with van der Waals surface area (Å²) in [4.78, 5) is 14.8. The molecule has 0 saturated heterocycles. The van der Waals surface area contributed by atoms with Crippen molar-refractivity contribution >= 4 is 0 Å². The van der Waals surface area contributed by atoms with E-state index in [-0.39, 0.29) is 5.41 Å². The highest BCUT2D eigenvalue weighted by Crippen LogP contribution is 2.57. The molecule has 1 fully saturated rings. The summed E-state index contributed by atoms with van der Waals surface area (Å²) in [5.74, 6) is 2.00. The second-order valence-electron chi connectivity index (χ2n) is 12.8. The number of hydrogen-bond acceptors (Lipinski definition) is 3. The lowest BCUT2D eigenvalue weighted by atomic mass is 9.76. The van der Waals surface area contributed by atoms with Crippen molar-refractivity contribution < 1.29 is 0 Å². The fourth-order valence-corrected chi connectivity index (χ4v) is 7.81. The highest BCUT2D eigenvalue weighted by Gasteiger charge is 2.44. The molecule has 7 aromatic rings. The van der Waals surface area contributed by atoms with E-state index in [4.69, 9.17) is 15.0 Å². The Kier molecular flexibility index (Phi) is 6.64. The lowest BCUT2D eigenvalue weighted by Gasteiger charge is -2.27. The van der Waals surface area contributed by atoms with Crippen LogP contribution in [0, 0.1) is 0 Å². The maximum absolute atomic E-state index is 4.96. The van der Waals surface area contributed by atoms with E-state index in [1.807, 2.05) is 60.7 Å². The Morgan fingerprint density at radius 3 is 1.40 bits per heavy atom. The average molecular weight is 604 g/mol. The number of aromatic nitrogens is 3. The van der Waals surface area contributed by atoms with E-state index < -0.39 is 0 Å². The van der Waals surface area contributed by atoms with Crippen molar-refractivity contribution in [2.45, 2.75) is 31.1 Å². The van der Waals surface area contributed by atoms with Gasteiger partial charge in [-0.05, 0) is 75.5 Å². The molecule has 0 unspecified atom stereocenters. The Balaban J connectivity index is 1.10. The van der Waals surface area contributed by atoms with Crippen LogP contribution in [0.4, 0.5) is 0 Å². The van der Waals surface area contributed by atoms with Crippen molar-refractivity contribution in [3.05, 3.63) is 163 Å². The van der Waals surface area contributed by atoms with Crippen LogP contribution in [-0.4, -0.2) is 15.0 Å². The second kappa shape index (κ2) is 11.3. The van der Waals surface area contributed by atoms with Gasteiger partial charge in [-0.25, -0.2) is 15.0 Å². The molecule has 47 heavy (non-hydrogen) atoms. The maximum Gasteiger partial charge on any atom is 0.164 e. The van der Waals surface area contributed by atoms with Gasteiger partial charge in [0.05, 0.1) is 0 Å². The highest BCUT2D eigenvalue weighted by molar-refractivity contribution is 5.85. The third-order valence-corrected chi connectivity index (χ3v) is 10.1. The lowest BCUT2D eigenvalue weighted by Crippen LogP contribution is -2.20. The van der Waals surface area contributed by atoms with Gasteiger partial charge in [-0.15, -0.1) is 0 Å². The summed E-state index contributed by atoms with van der Waals surface area (Å²) in [5.41, 5.74) is 13.7. The van der Waals surface area contributed by atoms with Crippen LogP contribution in [0.1, 0.15) is 36.8 Å². The molecule has 2 aliphatic carbocycles. The molecule has 0 atom stereocenters. The molecule has 0 bridgehead atoms. The first-order valence-electron chi connectivity index (χ1n) is 16.6. The number of nitrogens with zero attached hydrogens (tertiary/aromatic N) is 3. The molecule has 0 aliphatic heterocycles. The molecule has 3 heteroatoms. The number of fused-ring (bicyclic) bond motifs is 5. The van der Waals surface area contributed by atoms with Gasteiger partial charge in [-0.1, -0.05) is 146 Å². The van der Waals surface area contributed by atoms with Gasteiger partial charge in [0, 0.05) is 22.1 Å². The molecule has 9 rings (SSSR count). The zero-order valence-electron chi connectivity index (χ0n) is 26.1. The van der Waals surface area contributed by atoms with E-state index in [2.05, 4.69) is 91.0 Å². The molecule has 1 saturated carbocycles. The Morgan fingerprint density at radius 1 is 0.340 bits per heavy atom. The highest BCUT2D eigenvalue weighted by atomic mass is 15.0. The van der Waals surface area contributed by atoms with Gasteiger partial charge in [0.15, 0.2) is 17.5 Å². The molecule has 1 aromatic heterocycles. The third-order valence-electron chi connectivity index (χ3n) is 10.1. The zero-order valence-corrected chi connectivity index (χ0v) is 26.1. The van der Waals surface area contributed by atoms with Crippen molar-refractivity contribution in [3.63, 3.8) is 0 Å². The SMILES string of the molecule is c1ccc(-c2nc(-c3ccccc3)nc(-c3cccc(-c4cccc(-c5ccc6c(c5)C5(CCCC5)c5ccccc5-6)c4)c3)n2)cc1. The van der Waals surface area contributed by atoms with Crippen molar-refractivity contribution in [1.29, 1.82) is 0 Å². The average Bonchev–Trinajstić information content (AvgIpc) is 3.76. The summed E-state index contributed by atoms with van der Waals surface area (Å²) in [6.45, 7) is 0. The first-order valence-corrected chi connectivity index (χ1v) is 16.6. The Morgan fingerprint density at radius 2 is 0.787 bits per heavy atom. The smallest absolute Gasteiger partial charge is 0.164 e. The number of benzene rings is 6. The molecular weight excluding hydrogens is 571 g/mol. The lowest BCUT2D eigenvalue weighted by molar-refractivity contribution is 0.550. The van der Waals surface area contributed by atoms with Gasteiger partial charge in [-0.2, -0.15) is 0 Å². The van der Waals surface area contributed by atoms with Crippen LogP contribution >= 0.6 is 0 Å². The fraction of sp³-hybridized carbons (Fsp3) is 0.114. The van der Waals surface area contributed by atoms with Crippen molar-refractivity contribution in [2.75, 3.05) is 0 Å². The van der Waals surface area contributed by atoms with Gasteiger partial charge in [0.2, 0.25) is 0 Å². The van der Waals surface area contributed by atoms with E-state index in [1.165, 1.54) is 64.6 Å². The zero-order chi connectivity index (χ0) is 31.2. The van der Waals surface area contributed by atoms with E-state index >= 15 is 0 Å². The fourth-order valence-electron chi connectivity index (χ4n) is 7.81. The van der Waals surface area contributed by atoms with Crippen molar-refractivity contribution in [3.8, 4) is 67.5 Å². The maximum atomic E-state index is 4.96. The van der Waals surface area contributed by atoms with Crippen molar-refractivity contribution in [1.82, 2.24) is 15.0 Å². The van der Waals surface area contributed by atoms with Crippen LogP contribution in [-0.2, 0) is 5.41 Å². The van der Waals surface area contributed by atoms with Crippen LogP contribution in [0.25, 0.3) is 67.5 Å².